The van der Waals surface area contributed by atoms with E-state index in [1.807, 2.05) is 32.0 Å². The Morgan fingerprint density at radius 2 is 1.78 bits per heavy atom. The standard InChI is InChI=1S/C21H20N2O4/c1-13-7-6-9-15-14(2)11-19(25)23(20(13)15)12-18(24)22-17-10-5-4-8-16(17)21(26)27-3/h4-11H,12H2,1-3H3,(H,22,24). The van der Waals surface area contributed by atoms with Crippen molar-refractivity contribution in [2.75, 3.05) is 12.4 Å². The molecule has 1 heterocycles. The number of anilines is 1. The monoisotopic (exact) mass is 364 g/mol. The third-order valence-electron chi connectivity index (χ3n) is 4.45. The van der Waals surface area contributed by atoms with E-state index in [0.29, 0.717) is 5.69 Å². The van der Waals surface area contributed by atoms with Crippen molar-refractivity contribution in [3.8, 4) is 0 Å². The van der Waals surface area contributed by atoms with Crippen LogP contribution in [0.4, 0.5) is 5.69 Å². The van der Waals surface area contributed by atoms with Gasteiger partial charge in [-0.3, -0.25) is 14.2 Å². The summed E-state index contributed by atoms with van der Waals surface area (Å²) in [4.78, 5) is 37.0. The Balaban J connectivity index is 1.97. The molecular formula is C21H20N2O4. The Morgan fingerprint density at radius 3 is 2.52 bits per heavy atom. The van der Waals surface area contributed by atoms with Gasteiger partial charge in [-0.2, -0.15) is 0 Å². The number of rotatable bonds is 4. The molecule has 0 aliphatic carbocycles. The molecular weight excluding hydrogens is 344 g/mol. The number of ether oxygens (including phenoxy) is 1. The predicted molar refractivity (Wildman–Crippen MR) is 104 cm³/mol. The lowest BCUT2D eigenvalue weighted by Crippen LogP contribution is -2.28. The minimum atomic E-state index is -0.542. The van der Waals surface area contributed by atoms with Gasteiger partial charge in [-0.25, -0.2) is 4.79 Å². The second kappa shape index (κ2) is 7.45. The zero-order valence-corrected chi connectivity index (χ0v) is 15.4. The van der Waals surface area contributed by atoms with E-state index in [4.69, 9.17) is 4.74 Å². The summed E-state index contributed by atoms with van der Waals surface area (Å²) in [5, 5.41) is 3.63. The lowest BCUT2D eigenvalue weighted by Gasteiger charge is -2.15. The van der Waals surface area contributed by atoms with Crippen LogP contribution in [-0.4, -0.2) is 23.6 Å². The first-order chi connectivity index (χ1) is 12.9. The molecule has 6 heteroatoms. The quantitative estimate of drug-likeness (QED) is 0.722. The molecule has 3 rings (SSSR count). The molecule has 1 N–H and O–H groups in total. The first kappa shape index (κ1) is 18.4. The second-order valence-corrected chi connectivity index (χ2v) is 6.31. The van der Waals surface area contributed by atoms with Gasteiger partial charge in [0.1, 0.15) is 6.54 Å². The number of pyridine rings is 1. The number of carbonyl (C=O) groups is 2. The summed E-state index contributed by atoms with van der Waals surface area (Å²) >= 11 is 0. The molecule has 0 saturated carbocycles. The summed E-state index contributed by atoms with van der Waals surface area (Å²) in [5.74, 6) is -0.943. The largest absolute Gasteiger partial charge is 0.465 e. The first-order valence-corrected chi connectivity index (χ1v) is 8.49. The van der Waals surface area contributed by atoms with Gasteiger partial charge < -0.3 is 10.1 Å². The van der Waals surface area contributed by atoms with Crippen LogP contribution in [0, 0.1) is 13.8 Å². The lowest BCUT2D eigenvalue weighted by molar-refractivity contribution is -0.116. The third kappa shape index (κ3) is 3.60. The van der Waals surface area contributed by atoms with Gasteiger partial charge in [0.15, 0.2) is 0 Å². The molecule has 0 aliphatic heterocycles. The molecule has 1 aromatic heterocycles. The molecule has 6 nitrogen and oxygen atoms in total. The van der Waals surface area contributed by atoms with E-state index in [-0.39, 0.29) is 17.7 Å². The fourth-order valence-corrected chi connectivity index (χ4v) is 3.16. The maximum Gasteiger partial charge on any atom is 0.339 e. The highest BCUT2D eigenvalue weighted by Gasteiger charge is 2.15. The Kier molecular flexibility index (Phi) is 5.07. The number of fused-ring (bicyclic) bond motifs is 1. The zero-order chi connectivity index (χ0) is 19.6. The second-order valence-electron chi connectivity index (χ2n) is 6.31. The Bertz CT molecular complexity index is 1100. The van der Waals surface area contributed by atoms with Crippen molar-refractivity contribution in [1.82, 2.24) is 4.57 Å². The van der Waals surface area contributed by atoms with E-state index in [0.717, 1.165) is 22.0 Å². The minimum absolute atomic E-state index is 0.157. The highest BCUT2D eigenvalue weighted by molar-refractivity contribution is 6.01. The molecule has 27 heavy (non-hydrogen) atoms. The van der Waals surface area contributed by atoms with Crippen molar-refractivity contribution in [3.05, 3.63) is 75.6 Å². The van der Waals surface area contributed by atoms with Gasteiger partial charge in [0, 0.05) is 11.5 Å². The number of carbonyl (C=O) groups excluding carboxylic acids is 2. The molecule has 0 saturated heterocycles. The van der Waals surface area contributed by atoms with Crippen molar-refractivity contribution >= 4 is 28.5 Å². The fraction of sp³-hybridized carbons (Fsp3) is 0.190. The van der Waals surface area contributed by atoms with Gasteiger partial charge in [0.25, 0.3) is 5.56 Å². The van der Waals surface area contributed by atoms with Crippen molar-refractivity contribution in [3.63, 3.8) is 0 Å². The van der Waals surface area contributed by atoms with Crippen molar-refractivity contribution in [2.24, 2.45) is 0 Å². The van der Waals surface area contributed by atoms with Gasteiger partial charge >= 0.3 is 5.97 Å². The molecule has 0 aliphatic rings. The predicted octanol–water partition coefficient (Wildman–Crippen LogP) is 3.04. The number of aryl methyl sites for hydroxylation is 2. The van der Waals surface area contributed by atoms with E-state index >= 15 is 0 Å². The van der Waals surface area contributed by atoms with Crippen molar-refractivity contribution in [2.45, 2.75) is 20.4 Å². The number of hydrogen-bond donors (Lipinski definition) is 1. The molecule has 0 atom stereocenters. The normalized spacial score (nSPS) is 10.6. The molecule has 0 radical (unpaired) electrons. The average molecular weight is 364 g/mol. The molecule has 2 aromatic carbocycles. The van der Waals surface area contributed by atoms with Crippen LogP contribution in [0.15, 0.2) is 53.3 Å². The molecule has 0 unspecified atom stereocenters. The maximum atomic E-state index is 12.6. The van der Waals surface area contributed by atoms with Crippen LogP contribution in [0.5, 0.6) is 0 Å². The summed E-state index contributed by atoms with van der Waals surface area (Å²) in [6.07, 6.45) is 0. The van der Waals surface area contributed by atoms with E-state index in [1.165, 1.54) is 17.7 Å². The fourth-order valence-electron chi connectivity index (χ4n) is 3.16. The number of aromatic nitrogens is 1. The van der Waals surface area contributed by atoms with Crippen LogP contribution in [0.25, 0.3) is 10.9 Å². The smallest absolute Gasteiger partial charge is 0.339 e. The SMILES string of the molecule is COC(=O)c1ccccc1NC(=O)Cn1c(=O)cc(C)c2cccc(C)c21. The number of nitrogens with one attached hydrogen (secondary N) is 1. The van der Waals surface area contributed by atoms with Gasteiger partial charge in [0.2, 0.25) is 5.91 Å². The van der Waals surface area contributed by atoms with Gasteiger partial charge in [0.05, 0.1) is 23.9 Å². The number of benzene rings is 2. The number of para-hydroxylation sites is 2. The molecule has 0 fully saturated rings. The van der Waals surface area contributed by atoms with E-state index in [9.17, 15) is 14.4 Å². The summed E-state index contributed by atoms with van der Waals surface area (Å²) in [5.41, 5.74) is 2.87. The molecule has 1 amide bonds. The molecule has 138 valence electrons. The van der Waals surface area contributed by atoms with Crippen LogP contribution in [-0.2, 0) is 16.1 Å². The van der Waals surface area contributed by atoms with Crippen LogP contribution in [0.1, 0.15) is 21.5 Å². The summed E-state index contributed by atoms with van der Waals surface area (Å²) in [6, 6.07) is 13.9. The topological polar surface area (TPSA) is 77.4 Å². The lowest BCUT2D eigenvalue weighted by atomic mass is 10.1. The number of methoxy groups -OCH3 is 1. The highest BCUT2D eigenvalue weighted by atomic mass is 16.5. The van der Waals surface area contributed by atoms with E-state index in [2.05, 4.69) is 5.32 Å². The van der Waals surface area contributed by atoms with Crippen molar-refractivity contribution in [1.29, 1.82) is 0 Å². The number of hydrogen-bond acceptors (Lipinski definition) is 4. The average Bonchev–Trinajstić information content (AvgIpc) is 2.65. The summed E-state index contributed by atoms with van der Waals surface area (Å²) < 4.78 is 6.19. The number of esters is 1. The van der Waals surface area contributed by atoms with E-state index in [1.54, 1.807) is 24.3 Å². The number of amides is 1. The van der Waals surface area contributed by atoms with E-state index < -0.39 is 11.9 Å². The van der Waals surface area contributed by atoms with Crippen LogP contribution in [0.3, 0.4) is 0 Å². The Labute approximate surface area is 156 Å². The summed E-state index contributed by atoms with van der Waals surface area (Å²) in [6.45, 7) is 3.62. The minimum Gasteiger partial charge on any atom is -0.465 e. The summed E-state index contributed by atoms with van der Waals surface area (Å²) in [7, 11) is 1.28. The molecule has 3 aromatic rings. The van der Waals surface area contributed by atoms with Gasteiger partial charge in [-0.1, -0.05) is 30.3 Å². The van der Waals surface area contributed by atoms with Crippen LogP contribution < -0.4 is 10.9 Å². The zero-order valence-electron chi connectivity index (χ0n) is 15.4. The highest BCUT2D eigenvalue weighted by Crippen LogP contribution is 2.20. The Hall–Kier alpha value is -3.41. The van der Waals surface area contributed by atoms with Crippen LogP contribution >= 0.6 is 0 Å². The first-order valence-electron chi connectivity index (χ1n) is 8.49. The maximum absolute atomic E-state index is 12.6. The van der Waals surface area contributed by atoms with Crippen LogP contribution in [0.2, 0.25) is 0 Å². The molecule has 0 bridgehead atoms. The van der Waals surface area contributed by atoms with Gasteiger partial charge in [-0.15, -0.1) is 0 Å². The third-order valence-corrected chi connectivity index (χ3v) is 4.45. The van der Waals surface area contributed by atoms with Crippen molar-refractivity contribution < 1.29 is 14.3 Å². The van der Waals surface area contributed by atoms with Gasteiger partial charge in [-0.05, 0) is 37.1 Å². The Morgan fingerprint density at radius 1 is 1.04 bits per heavy atom. The molecule has 0 spiro atoms. The number of nitrogens with zero attached hydrogens (tertiary/aromatic N) is 1.